The Morgan fingerprint density at radius 1 is 1.59 bits per heavy atom. The van der Waals surface area contributed by atoms with Gasteiger partial charge < -0.3 is 9.88 Å². The SMILES string of the molecule is Cn1ccnc(NCC2CCCC(Cl)C2)c1=O. The fraction of sp³-hybridized carbons (Fsp3) is 0.667. The first-order valence-corrected chi connectivity index (χ1v) is 6.50. The monoisotopic (exact) mass is 255 g/mol. The largest absolute Gasteiger partial charge is 0.365 e. The molecule has 0 radical (unpaired) electrons. The highest BCUT2D eigenvalue weighted by molar-refractivity contribution is 6.20. The first kappa shape index (κ1) is 12.4. The summed E-state index contributed by atoms with van der Waals surface area (Å²) in [4.78, 5) is 15.8. The topological polar surface area (TPSA) is 46.9 Å². The van der Waals surface area contributed by atoms with Crippen LogP contribution < -0.4 is 10.9 Å². The van der Waals surface area contributed by atoms with Crippen molar-refractivity contribution in [3.05, 3.63) is 22.7 Å². The van der Waals surface area contributed by atoms with E-state index in [0.717, 1.165) is 19.4 Å². The van der Waals surface area contributed by atoms with Crippen LogP contribution in [0.1, 0.15) is 25.7 Å². The van der Waals surface area contributed by atoms with Crippen molar-refractivity contribution in [3.63, 3.8) is 0 Å². The summed E-state index contributed by atoms with van der Waals surface area (Å²) >= 11 is 6.14. The van der Waals surface area contributed by atoms with Gasteiger partial charge in [-0.15, -0.1) is 11.6 Å². The Hall–Kier alpha value is -1.03. The van der Waals surface area contributed by atoms with Gasteiger partial charge in [0.1, 0.15) is 0 Å². The van der Waals surface area contributed by atoms with Crippen LogP contribution in [0.2, 0.25) is 0 Å². The van der Waals surface area contributed by atoms with Crippen LogP contribution in [0.3, 0.4) is 0 Å². The number of nitrogens with zero attached hydrogens (tertiary/aromatic N) is 2. The van der Waals surface area contributed by atoms with E-state index < -0.39 is 0 Å². The van der Waals surface area contributed by atoms with Crippen molar-refractivity contribution in [2.45, 2.75) is 31.1 Å². The number of anilines is 1. The van der Waals surface area contributed by atoms with Crippen LogP contribution in [0.25, 0.3) is 0 Å². The van der Waals surface area contributed by atoms with Crippen LogP contribution in [-0.4, -0.2) is 21.5 Å². The maximum atomic E-state index is 11.7. The molecule has 1 fully saturated rings. The minimum absolute atomic E-state index is 0.0780. The fourth-order valence-corrected chi connectivity index (χ4v) is 2.68. The van der Waals surface area contributed by atoms with E-state index in [1.807, 2.05) is 0 Å². The van der Waals surface area contributed by atoms with E-state index in [1.165, 1.54) is 17.4 Å². The van der Waals surface area contributed by atoms with E-state index in [4.69, 9.17) is 11.6 Å². The van der Waals surface area contributed by atoms with Gasteiger partial charge in [-0.25, -0.2) is 4.98 Å². The van der Waals surface area contributed by atoms with Crippen LogP contribution in [0.4, 0.5) is 5.82 Å². The second-order valence-corrected chi connectivity index (χ2v) is 5.32. The molecule has 2 atom stereocenters. The molecule has 4 nitrogen and oxygen atoms in total. The zero-order chi connectivity index (χ0) is 12.3. The first-order valence-electron chi connectivity index (χ1n) is 6.06. The van der Waals surface area contributed by atoms with E-state index in [0.29, 0.717) is 17.1 Å². The van der Waals surface area contributed by atoms with E-state index in [2.05, 4.69) is 10.3 Å². The van der Waals surface area contributed by atoms with Crippen LogP contribution in [-0.2, 0) is 7.05 Å². The average Bonchev–Trinajstić information content (AvgIpc) is 2.31. The number of hydrogen-bond donors (Lipinski definition) is 1. The summed E-state index contributed by atoms with van der Waals surface area (Å²) in [5.74, 6) is 0.990. The average molecular weight is 256 g/mol. The fourth-order valence-electron chi connectivity index (χ4n) is 2.27. The molecular formula is C12H18ClN3O. The van der Waals surface area contributed by atoms with Crippen molar-refractivity contribution < 1.29 is 0 Å². The summed E-state index contributed by atoms with van der Waals surface area (Å²) in [5.41, 5.74) is -0.0780. The molecule has 1 saturated carbocycles. The summed E-state index contributed by atoms with van der Waals surface area (Å²) in [6.07, 6.45) is 7.80. The number of hydrogen-bond acceptors (Lipinski definition) is 3. The molecule has 0 amide bonds. The van der Waals surface area contributed by atoms with Crippen LogP contribution in [0.5, 0.6) is 0 Å². The minimum atomic E-state index is -0.0780. The molecule has 1 aromatic heterocycles. The van der Waals surface area contributed by atoms with Crippen molar-refractivity contribution >= 4 is 17.4 Å². The molecule has 2 rings (SSSR count). The van der Waals surface area contributed by atoms with Gasteiger partial charge in [0.25, 0.3) is 5.56 Å². The molecule has 0 bridgehead atoms. The molecule has 17 heavy (non-hydrogen) atoms. The maximum Gasteiger partial charge on any atom is 0.293 e. The Kier molecular flexibility index (Phi) is 4.05. The molecule has 0 aliphatic heterocycles. The molecule has 2 unspecified atom stereocenters. The molecule has 1 aliphatic rings. The Labute approximate surface area is 106 Å². The van der Waals surface area contributed by atoms with Crippen LogP contribution in [0, 0.1) is 5.92 Å². The molecule has 0 spiro atoms. The number of nitrogens with one attached hydrogen (secondary N) is 1. The third kappa shape index (κ3) is 3.22. The van der Waals surface area contributed by atoms with Crippen molar-refractivity contribution in [1.29, 1.82) is 0 Å². The second kappa shape index (κ2) is 5.54. The molecule has 5 heteroatoms. The van der Waals surface area contributed by atoms with Crippen molar-refractivity contribution in [1.82, 2.24) is 9.55 Å². The van der Waals surface area contributed by atoms with Gasteiger partial charge in [0.2, 0.25) is 0 Å². The van der Waals surface area contributed by atoms with Gasteiger partial charge in [0, 0.05) is 31.4 Å². The summed E-state index contributed by atoms with van der Waals surface area (Å²) in [6.45, 7) is 0.787. The summed E-state index contributed by atoms with van der Waals surface area (Å²) in [7, 11) is 1.73. The number of alkyl halides is 1. The maximum absolute atomic E-state index is 11.7. The Morgan fingerprint density at radius 3 is 3.18 bits per heavy atom. The first-order chi connectivity index (χ1) is 8.16. The molecule has 1 N–H and O–H groups in total. The Bertz CT molecular complexity index is 432. The molecule has 1 aromatic rings. The van der Waals surface area contributed by atoms with Gasteiger partial charge in [-0.3, -0.25) is 4.79 Å². The number of aryl methyl sites for hydroxylation is 1. The molecule has 1 heterocycles. The highest BCUT2D eigenvalue weighted by atomic mass is 35.5. The van der Waals surface area contributed by atoms with E-state index in [-0.39, 0.29) is 5.56 Å². The lowest BCUT2D eigenvalue weighted by Gasteiger charge is -2.25. The highest BCUT2D eigenvalue weighted by Gasteiger charge is 2.20. The predicted molar refractivity (Wildman–Crippen MR) is 69.6 cm³/mol. The lowest BCUT2D eigenvalue weighted by atomic mass is 9.89. The molecule has 0 saturated heterocycles. The van der Waals surface area contributed by atoms with Crippen molar-refractivity contribution in [2.75, 3.05) is 11.9 Å². The smallest absolute Gasteiger partial charge is 0.293 e. The quantitative estimate of drug-likeness (QED) is 0.841. The minimum Gasteiger partial charge on any atom is -0.365 e. The van der Waals surface area contributed by atoms with Crippen LogP contribution in [0.15, 0.2) is 17.2 Å². The number of aromatic nitrogens is 2. The lowest BCUT2D eigenvalue weighted by molar-refractivity contribution is 0.378. The summed E-state index contributed by atoms with van der Waals surface area (Å²) in [6, 6.07) is 0. The summed E-state index contributed by atoms with van der Waals surface area (Å²) < 4.78 is 1.53. The summed E-state index contributed by atoms with van der Waals surface area (Å²) in [5, 5.41) is 3.43. The number of rotatable bonds is 3. The zero-order valence-corrected chi connectivity index (χ0v) is 10.8. The molecule has 0 aromatic carbocycles. The second-order valence-electron chi connectivity index (χ2n) is 4.70. The van der Waals surface area contributed by atoms with Crippen molar-refractivity contribution in [2.24, 2.45) is 13.0 Å². The van der Waals surface area contributed by atoms with Gasteiger partial charge in [-0.05, 0) is 25.2 Å². The Morgan fingerprint density at radius 2 is 2.41 bits per heavy atom. The van der Waals surface area contributed by atoms with Crippen LogP contribution >= 0.6 is 11.6 Å². The Balaban J connectivity index is 1.93. The van der Waals surface area contributed by atoms with Gasteiger partial charge >= 0.3 is 0 Å². The molecule has 94 valence electrons. The third-order valence-electron chi connectivity index (χ3n) is 3.29. The van der Waals surface area contributed by atoms with Gasteiger partial charge in [0.05, 0.1) is 0 Å². The van der Waals surface area contributed by atoms with E-state index >= 15 is 0 Å². The van der Waals surface area contributed by atoms with Gasteiger partial charge in [-0.1, -0.05) is 6.42 Å². The lowest BCUT2D eigenvalue weighted by Crippen LogP contribution is -2.27. The molecular weight excluding hydrogens is 238 g/mol. The zero-order valence-electron chi connectivity index (χ0n) is 10.0. The van der Waals surface area contributed by atoms with E-state index in [9.17, 15) is 4.79 Å². The number of halogens is 1. The van der Waals surface area contributed by atoms with Gasteiger partial charge in [0.15, 0.2) is 5.82 Å². The standard InChI is InChI=1S/C12H18ClN3O/c1-16-6-5-14-11(12(16)17)15-8-9-3-2-4-10(13)7-9/h5-6,9-10H,2-4,7-8H2,1H3,(H,14,15). The third-order valence-corrected chi connectivity index (χ3v) is 3.69. The van der Waals surface area contributed by atoms with E-state index in [1.54, 1.807) is 19.4 Å². The van der Waals surface area contributed by atoms with Crippen molar-refractivity contribution in [3.8, 4) is 0 Å². The predicted octanol–water partition coefficient (Wildman–Crippen LogP) is 1.99. The molecule has 1 aliphatic carbocycles. The highest BCUT2D eigenvalue weighted by Crippen LogP contribution is 2.27. The normalized spacial score (nSPS) is 24.6. The van der Waals surface area contributed by atoms with Gasteiger partial charge in [-0.2, -0.15) is 0 Å².